The Morgan fingerprint density at radius 3 is 2.77 bits per heavy atom. The van der Waals surface area contributed by atoms with Crippen molar-refractivity contribution in [1.29, 1.82) is 0 Å². The molecule has 2 heterocycles. The van der Waals surface area contributed by atoms with Crippen LogP contribution in [-0.2, 0) is 22.5 Å². The molecular formula is C20H25N3O3. The summed E-state index contributed by atoms with van der Waals surface area (Å²) < 4.78 is 10.9. The van der Waals surface area contributed by atoms with E-state index in [-0.39, 0.29) is 12.0 Å². The van der Waals surface area contributed by atoms with E-state index in [2.05, 4.69) is 15.1 Å². The number of carbonyl (C=O) groups is 1. The van der Waals surface area contributed by atoms with Gasteiger partial charge in [0.15, 0.2) is 0 Å². The molecular weight excluding hydrogens is 330 g/mol. The lowest BCUT2D eigenvalue weighted by Crippen LogP contribution is -2.42. The second kappa shape index (κ2) is 7.58. The molecule has 1 aromatic carbocycles. The van der Waals surface area contributed by atoms with E-state index in [0.717, 1.165) is 18.4 Å². The third-order valence-electron chi connectivity index (χ3n) is 5.72. The van der Waals surface area contributed by atoms with Gasteiger partial charge < -0.3 is 9.15 Å². The zero-order valence-corrected chi connectivity index (χ0v) is 15.1. The van der Waals surface area contributed by atoms with Gasteiger partial charge in [0.05, 0.1) is 20.1 Å². The van der Waals surface area contributed by atoms with Crippen molar-refractivity contribution in [3.63, 3.8) is 0 Å². The molecule has 0 bridgehead atoms. The molecule has 26 heavy (non-hydrogen) atoms. The molecule has 1 saturated carbocycles. The molecule has 3 unspecified atom stereocenters. The first kappa shape index (κ1) is 17.2. The number of aromatic nitrogens is 2. The number of hydrogen-bond acceptors (Lipinski definition) is 6. The van der Waals surface area contributed by atoms with E-state index < -0.39 is 0 Å². The molecule has 138 valence electrons. The number of ether oxygens (including phenoxy) is 1. The molecule has 0 radical (unpaired) electrons. The maximum atomic E-state index is 12.3. The molecule has 2 fully saturated rings. The fourth-order valence-corrected chi connectivity index (χ4v) is 4.50. The minimum absolute atomic E-state index is 0.150. The van der Waals surface area contributed by atoms with Gasteiger partial charge in [-0.15, -0.1) is 10.2 Å². The second-order valence-corrected chi connectivity index (χ2v) is 7.31. The minimum atomic E-state index is -0.197. The summed E-state index contributed by atoms with van der Waals surface area (Å²) in [4.78, 5) is 14.5. The van der Waals surface area contributed by atoms with Crippen molar-refractivity contribution in [2.45, 2.75) is 57.2 Å². The van der Waals surface area contributed by atoms with E-state index in [1.165, 1.54) is 26.4 Å². The first-order chi connectivity index (χ1) is 12.7. The average molecular weight is 355 g/mol. The number of rotatable bonds is 5. The van der Waals surface area contributed by atoms with Crippen molar-refractivity contribution in [3.05, 3.63) is 47.7 Å². The lowest BCUT2D eigenvalue weighted by molar-refractivity contribution is -0.146. The van der Waals surface area contributed by atoms with Crippen LogP contribution in [0.5, 0.6) is 0 Å². The smallest absolute Gasteiger partial charge is 0.323 e. The number of carbonyl (C=O) groups excluding carboxylic acids is 1. The van der Waals surface area contributed by atoms with Crippen LogP contribution >= 0.6 is 0 Å². The molecule has 0 N–H and O–H groups in total. The fraction of sp³-hybridized carbons (Fsp3) is 0.550. The lowest BCUT2D eigenvalue weighted by Gasteiger charge is -2.32. The monoisotopic (exact) mass is 355 g/mol. The van der Waals surface area contributed by atoms with Crippen molar-refractivity contribution >= 4 is 5.97 Å². The number of nitrogens with zero attached hydrogens (tertiary/aromatic N) is 3. The first-order valence-corrected chi connectivity index (χ1v) is 9.43. The third kappa shape index (κ3) is 3.51. The Balaban J connectivity index is 1.48. The van der Waals surface area contributed by atoms with Gasteiger partial charge in [0.1, 0.15) is 6.04 Å². The molecule has 6 heteroatoms. The zero-order chi connectivity index (χ0) is 17.9. The lowest BCUT2D eigenvalue weighted by atomic mass is 9.85. The molecule has 2 aromatic rings. The fourth-order valence-electron chi connectivity index (χ4n) is 4.50. The quantitative estimate of drug-likeness (QED) is 0.768. The maximum Gasteiger partial charge on any atom is 0.323 e. The highest BCUT2D eigenvalue weighted by Gasteiger charge is 2.46. The van der Waals surface area contributed by atoms with Crippen molar-refractivity contribution in [2.75, 3.05) is 7.11 Å². The number of benzene rings is 1. The van der Waals surface area contributed by atoms with Crippen LogP contribution in [0.1, 0.15) is 49.4 Å². The summed E-state index contributed by atoms with van der Waals surface area (Å²) >= 11 is 0. The van der Waals surface area contributed by atoms with Crippen LogP contribution in [0.25, 0.3) is 0 Å². The molecule has 1 aliphatic heterocycles. The molecule has 1 aliphatic carbocycles. The van der Waals surface area contributed by atoms with E-state index in [1.807, 2.05) is 30.3 Å². The van der Waals surface area contributed by atoms with Crippen molar-refractivity contribution < 1.29 is 13.9 Å². The Bertz CT molecular complexity index is 746. The van der Waals surface area contributed by atoms with Crippen molar-refractivity contribution in [2.24, 2.45) is 5.92 Å². The van der Waals surface area contributed by atoms with E-state index >= 15 is 0 Å². The van der Waals surface area contributed by atoms with Gasteiger partial charge in [0, 0.05) is 6.04 Å². The van der Waals surface area contributed by atoms with E-state index in [4.69, 9.17) is 9.15 Å². The predicted molar refractivity (Wildman–Crippen MR) is 95.3 cm³/mol. The molecule has 1 aromatic heterocycles. The Hall–Kier alpha value is -2.21. The number of methoxy groups -OCH3 is 1. The summed E-state index contributed by atoms with van der Waals surface area (Å²) in [5, 5.41) is 8.41. The van der Waals surface area contributed by atoms with Crippen molar-refractivity contribution in [1.82, 2.24) is 15.1 Å². The molecule has 6 nitrogen and oxygen atoms in total. The predicted octanol–water partition coefficient (Wildman–Crippen LogP) is 2.97. The second-order valence-electron chi connectivity index (χ2n) is 7.31. The van der Waals surface area contributed by atoms with Gasteiger partial charge >= 0.3 is 5.97 Å². The normalized spacial score (nSPS) is 25.8. The third-order valence-corrected chi connectivity index (χ3v) is 5.72. The van der Waals surface area contributed by atoms with Gasteiger partial charge in [-0.1, -0.05) is 43.2 Å². The van der Waals surface area contributed by atoms with Crippen LogP contribution in [0.4, 0.5) is 0 Å². The summed E-state index contributed by atoms with van der Waals surface area (Å²) in [7, 11) is 1.47. The van der Waals surface area contributed by atoms with E-state index in [1.54, 1.807) is 0 Å². The zero-order valence-electron chi connectivity index (χ0n) is 15.1. The van der Waals surface area contributed by atoms with Crippen LogP contribution in [0, 0.1) is 5.92 Å². The minimum Gasteiger partial charge on any atom is -0.468 e. The highest BCUT2D eigenvalue weighted by atomic mass is 16.5. The average Bonchev–Trinajstić information content (AvgIpc) is 3.27. The van der Waals surface area contributed by atoms with Crippen LogP contribution in [0.3, 0.4) is 0 Å². The van der Waals surface area contributed by atoms with Gasteiger partial charge in [-0.05, 0) is 30.7 Å². The van der Waals surface area contributed by atoms with Gasteiger partial charge in [-0.25, -0.2) is 0 Å². The molecule has 3 atom stereocenters. The molecule has 0 spiro atoms. The van der Waals surface area contributed by atoms with E-state index in [9.17, 15) is 4.79 Å². The Morgan fingerprint density at radius 1 is 1.19 bits per heavy atom. The van der Waals surface area contributed by atoms with Crippen LogP contribution in [0.2, 0.25) is 0 Å². The number of fused-ring (bicyclic) bond motifs is 1. The Labute approximate surface area is 153 Å². The number of likely N-dealkylation sites (tertiary alicyclic amines) is 1. The Kier molecular flexibility index (Phi) is 5.02. The van der Waals surface area contributed by atoms with Crippen LogP contribution < -0.4 is 0 Å². The summed E-state index contributed by atoms with van der Waals surface area (Å²) in [5.74, 6) is 1.61. The SMILES string of the molecule is COC(=O)C1CC2CCCCC2N1Cc1nnc(Cc2ccccc2)o1. The standard InChI is InChI=1S/C20H25N3O3/c1-25-20(24)17-12-15-9-5-6-10-16(15)23(17)13-19-22-21-18(26-19)11-14-7-3-2-4-8-14/h2-4,7-8,15-17H,5-6,9-13H2,1H3. The van der Waals surface area contributed by atoms with Gasteiger partial charge in [-0.3, -0.25) is 9.69 Å². The van der Waals surface area contributed by atoms with Crippen molar-refractivity contribution in [3.8, 4) is 0 Å². The Morgan fingerprint density at radius 2 is 1.96 bits per heavy atom. The largest absolute Gasteiger partial charge is 0.468 e. The van der Waals surface area contributed by atoms with E-state index in [0.29, 0.717) is 36.7 Å². The van der Waals surface area contributed by atoms with Crippen LogP contribution in [0.15, 0.2) is 34.7 Å². The molecule has 2 aliphatic rings. The van der Waals surface area contributed by atoms with Gasteiger partial charge in [0.2, 0.25) is 11.8 Å². The number of hydrogen-bond donors (Lipinski definition) is 0. The highest BCUT2D eigenvalue weighted by molar-refractivity contribution is 5.76. The summed E-state index contributed by atoms with van der Waals surface area (Å²) in [6.45, 7) is 0.517. The molecule has 0 amide bonds. The van der Waals surface area contributed by atoms with Gasteiger partial charge in [0.25, 0.3) is 0 Å². The highest BCUT2D eigenvalue weighted by Crippen LogP contribution is 2.40. The van der Waals surface area contributed by atoms with Crippen LogP contribution in [-0.4, -0.2) is 40.3 Å². The topological polar surface area (TPSA) is 68.5 Å². The first-order valence-electron chi connectivity index (χ1n) is 9.43. The molecule has 4 rings (SSSR count). The summed E-state index contributed by atoms with van der Waals surface area (Å²) in [6, 6.07) is 10.3. The molecule has 1 saturated heterocycles. The summed E-state index contributed by atoms with van der Waals surface area (Å²) in [6.07, 6.45) is 6.29. The number of esters is 1. The summed E-state index contributed by atoms with van der Waals surface area (Å²) in [5.41, 5.74) is 1.14. The maximum absolute atomic E-state index is 12.3. The van der Waals surface area contributed by atoms with Gasteiger partial charge in [-0.2, -0.15) is 0 Å².